The summed E-state index contributed by atoms with van der Waals surface area (Å²) in [5, 5.41) is 12.8. The Labute approximate surface area is 118 Å². The number of nitrogens with two attached hydrogens (primary N) is 1. The van der Waals surface area contributed by atoms with Gasteiger partial charge < -0.3 is 16.2 Å². The largest absolute Gasteiger partial charge is 0.396 e. The monoisotopic (exact) mass is 284 g/mol. The molecule has 0 aliphatic heterocycles. The van der Waals surface area contributed by atoms with Gasteiger partial charge in [0.1, 0.15) is 0 Å². The zero-order valence-corrected chi connectivity index (χ0v) is 11.5. The second kappa shape index (κ2) is 7.11. The lowest BCUT2D eigenvalue weighted by molar-refractivity contribution is 0.146. The topological polar surface area (TPSA) is 58.3 Å². The van der Waals surface area contributed by atoms with Crippen molar-refractivity contribution in [3.8, 4) is 0 Å². The van der Waals surface area contributed by atoms with Gasteiger partial charge in [0, 0.05) is 25.2 Å². The Morgan fingerprint density at radius 3 is 2.65 bits per heavy atom. The molecular formula is C15H22F2N2O. The molecule has 0 bridgehead atoms. The number of halogens is 2. The van der Waals surface area contributed by atoms with Crippen molar-refractivity contribution in [3.05, 3.63) is 35.4 Å². The predicted molar refractivity (Wildman–Crippen MR) is 74.1 cm³/mol. The van der Waals surface area contributed by atoms with Gasteiger partial charge in [-0.2, -0.15) is 0 Å². The molecule has 0 amide bonds. The molecule has 3 nitrogen and oxygen atoms in total. The van der Waals surface area contributed by atoms with Crippen LogP contribution in [-0.4, -0.2) is 24.3 Å². The van der Waals surface area contributed by atoms with Crippen molar-refractivity contribution in [3.63, 3.8) is 0 Å². The maximum Gasteiger partial charge on any atom is 0.159 e. The third-order valence-electron chi connectivity index (χ3n) is 4.14. The minimum atomic E-state index is -0.856. The smallest absolute Gasteiger partial charge is 0.159 e. The van der Waals surface area contributed by atoms with E-state index in [1.165, 1.54) is 6.07 Å². The maximum atomic E-state index is 13.3. The molecule has 20 heavy (non-hydrogen) atoms. The molecule has 1 aliphatic rings. The lowest BCUT2D eigenvalue weighted by atomic mass is 9.84. The summed E-state index contributed by atoms with van der Waals surface area (Å²) in [6, 6.07) is 3.83. The Morgan fingerprint density at radius 2 is 2.00 bits per heavy atom. The standard InChI is InChI=1S/C15H22F2N2O/c16-12-6-5-10(7-13(12)17)15(8-18)19-14-4-2-1-3-11(14)9-20/h5-7,11,14-15,19-20H,1-4,8-9,18H2. The van der Waals surface area contributed by atoms with Gasteiger partial charge in [0.2, 0.25) is 0 Å². The van der Waals surface area contributed by atoms with E-state index in [1.54, 1.807) is 6.07 Å². The van der Waals surface area contributed by atoms with Crippen LogP contribution in [0.1, 0.15) is 37.3 Å². The van der Waals surface area contributed by atoms with Gasteiger partial charge in [-0.05, 0) is 36.5 Å². The van der Waals surface area contributed by atoms with Crippen molar-refractivity contribution >= 4 is 0 Å². The number of rotatable bonds is 5. The minimum Gasteiger partial charge on any atom is -0.396 e. The Kier molecular flexibility index (Phi) is 5.46. The third-order valence-corrected chi connectivity index (χ3v) is 4.14. The Balaban J connectivity index is 2.09. The number of hydrogen-bond donors (Lipinski definition) is 3. The fourth-order valence-corrected chi connectivity index (χ4v) is 2.93. The fraction of sp³-hybridized carbons (Fsp3) is 0.600. The number of hydrogen-bond acceptors (Lipinski definition) is 3. The second-order valence-electron chi connectivity index (χ2n) is 5.46. The highest BCUT2D eigenvalue weighted by molar-refractivity contribution is 5.22. The minimum absolute atomic E-state index is 0.146. The second-order valence-corrected chi connectivity index (χ2v) is 5.46. The summed E-state index contributed by atoms with van der Waals surface area (Å²) in [5.74, 6) is -1.50. The van der Waals surface area contributed by atoms with Gasteiger partial charge in [-0.3, -0.25) is 0 Å². The SMILES string of the molecule is NCC(NC1CCCCC1CO)c1ccc(F)c(F)c1. The highest BCUT2D eigenvalue weighted by Crippen LogP contribution is 2.26. The van der Waals surface area contributed by atoms with Gasteiger partial charge in [-0.1, -0.05) is 18.9 Å². The van der Waals surface area contributed by atoms with Gasteiger partial charge in [-0.15, -0.1) is 0 Å². The molecule has 3 unspecified atom stereocenters. The molecule has 2 rings (SSSR count). The van der Waals surface area contributed by atoms with Crippen LogP contribution in [0.15, 0.2) is 18.2 Å². The summed E-state index contributed by atoms with van der Waals surface area (Å²) in [5.41, 5.74) is 6.40. The van der Waals surface area contributed by atoms with Crippen LogP contribution in [0.3, 0.4) is 0 Å². The Bertz CT molecular complexity index is 442. The number of nitrogens with one attached hydrogen (secondary N) is 1. The normalized spacial score (nSPS) is 24.6. The van der Waals surface area contributed by atoms with Crippen molar-refractivity contribution in [1.82, 2.24) is 5.32 Å². The molecular weight excluding hydrogens is 262 g/mol. The quantitative estimate of drug-likeness (QED) is 0.776. The van der Waals surface area contributed by atoms with Crippen molar-refractivity contribution in [2.24, 2.45) is 11.7 Å². The number of aliphatic hydroxyl groups is 1. The van der Waals surface area contributed by atoms with Crippen molar-refractivity contribution in [2.75, 3.05) is 13.2 Å². The van der Waals surface area contributed by atoms with E-state index < -0.39 is 11.6 Å². The van der Waals surface area contributed by atoms with Gasteiger partial charge in [0.05, 0.1) is 0 Å². The van der Waals surface area contributed by atoms with Crippen molar-refractivity contribution in [2.45, 2.75) is 37.8 Å². The van der Waals surface area contributed by atoms with E-state index in [4.69, 9.17) is 5.73 Å². The van der Waals surface area contributed by atoms with Gasteiger partial charge >= 0.3 is 0 Å². The number of benzene rings is 1. The van der Waals surface area contributed by atoms with Gasteiger partial charge in [0.25, 0.3) is 0 Å². The summed E-state index contributed by atoms with van der Waals surface area (Å²) < 4.78 is 26.3. The lowest BCUT2D eigenvalue weighted by Gasteiger charge is -2.34. The molecule has 1 fully saturated rings. The summed E-state index contributed by atoms with van der Waals surface area (Å²) in [6.07, 6.45) is 4.21. The van der Waals surface area contributed by atoms with Crippen LogP contribution in [0, 0.1) is 17.6 Å². The molecule has 4 N–H and O–H groups in total. The summed E-state index contributed by atoms with van der Waals surface area (Å²) >= 11 is 0. The Hall–Kier alpha value is -1.04. The van der Waals surface area contributed by atoms with Crippen LogP contribution in [0.5, 0.6) is 0 Å². The number of aliphatic hydroxyl groups excluding tert-OH is 1. The first-order chi connectivity index (χ1) is 9.65. The molecule has 1 saturated carbocycles. The van der Waals surface area contributed by atoms with E-state index in [9.17, 15) is 13.9 Å². The molecule has 0 saturated heterocycles. The van der Waals surface area contributed by atoms with E-state index in [-0.39, 0.29) is 24.6 Å². The first-order valence-electron chi connectivity index (χ1n) is 7.17. The molecule has 0 spiro atoms. The molecule has 1 aliphatic carbocycles. The van der Waals surface area contributed by atoms with Crippen LogP contribution in [0.2, 0.25) is 0 Å². The van der Waals surface area contributed by atoms with E-state index in [0.717, 1.165) is 31.7 Å². The first kappa shape index (κ1) is 15.4. The van der Waals surface area contributed by atoms with Crippen LogP contribution in [0.4, 0.5) is 8.78 Å². The molecule has 0 aromatic heterocycles. The van der Waals surface area contributed by atoms with Crippen LogP contribution < -0.4 is 11.1 Å². The van der Waals surface area contributed by atoms with Crippen molar-refractivity contribution < 1.29 is 13.9 Å². The van der Waals surface area contributed by atoms with E-state index >= 15 is 0 Å². The molecule has 0 heterocycles. The highest BCUT2D eigenvalue weighted by atomic mass is 19.2. The summed E-state index contributed by atoms with van der Waals surface area (Å²) in [7, 11) is 0. The van der Waals surface area contributed by atoms with Crippen molar-refractivity contribution in [1.29, 1.82) is 0 Å². The highest BCUT2D eigenvalue weighted by Gasteiger charge is 2.26. The molecule has 3 atom stereocenters. The van der Waals surface area contributed by atoms with E-state index in [2.05, 4.69) is 5.32 Å². The van der Waals surface area contributed by atoms with Crippen LogP contribution >= 0.6 is 0 Å². The maximum absolute atomic E-state index is 13.3. The van der Waals surface area contributed by atoms with E-state index in [1.807, 2.05) is 0 Å². The third kappa shape index (κ3) is 3.53. The summed E-state index contributed by atoms with van der Waals surface area (Å²) in [4.78, 5) is 0. The van der Waals surface area contributed by atoms with Gasteiger partial charge in [-0.25, -0.2) is 8.78 Å². The molecule has 0 radical (unpaired) electrons. The lowest BCUT2D eigenvalue weighted by Crippen LogP contribution is -2.44. The zero-order valence-electron chi connectivity index (χ0n) is 11.5. The van der Waals surface area contributed by atoms with Crippen LogP contribution in [-0.2, 0) is 0 Å². The summed E-state index contributed by atoms with van der Waals surface area (Å²) in [6.45, 7) is 0.451. The molecule has 1 aromatic carbocycles. The molecule has 1 aromatic rings. The molecule has 112 valence electrons. The van der Waals surface area contributed by atoms with E-state index in [0.29, 0.717) is 12.1 Å². The predicted octanol–water partition coefficient (Wildman–Crippen LogP) is 2.11. The molecule has 5 heteroatoms. The van der Waals surface area contributed by atoms with Crippen LogP contribution in [0.25, 0.3) is 0 Å². The Morgan fingerprint density at radius 1 is 1.25 bits per heavy atom. The first-order valence-corrected chi connectivity index (χ1v) is 7.17. The fourth-order valence-electron chi connectivity index (χ4n) is 2.93. The average molecular weight is 284 g/mol. The zero-order chi connectivity index (χ0) is 14.5. The van der Waals surface area contributed by atoms with Gasteiger partial charge in [0.15, 0.2) is 11.6 Å². The average Bonchev–Trinajstić information content (AvgIpc) is 2.48.